The fourth-order valence-corrected chi connectivity index (χ4v) is 6.66. The van der Waals surface area contributed by atoms with Crippen molar-refractivity contribution in [2.75, 3.05) is 0 Å². The SMILES string of the molecule is [2H]c1c([2H])c([2H])c2c(-c3cccc(-n4c(C([2H])([2H])[2H])nc5ccccc54)c3)c3c([2H])c([2H])c([2H])c([2H])c3c(-c3cc(-c4ccccc4)cc(-c4ccccc4)c3)c2c1[2H]. The van der Waals surface area contributed by atoms with Crippen LogP contribution in [0.1, 0.15) is 20.9 Å². The van der Waals surface area contributed by atoms with Gasteiger partial charge in [0.15, 0.2) is 0 Å². The van der Waals surface area contributed by atoms with E-state index in [0.717, 1.165) is 22.3 Å². The number of fused-ring (bicyclic) bond motifs is 3. The molecule has 9 rings (SSSR count). The summed E-state index contributed by atoms with van der Waals surface area (Å²) in [5.74, 6) is -0.183. The molecule has 0 saturated carbocycles. The van der Waals surface area contributed by atoms with Crippen LogP contribution in [0.3, 0.4) is 0 Å². The van der Waals surface area contributed by atoms with Gasteiger partial charge in [-0.1, -0.05) is 133 Å². The highest BCUT2D eigenvalue weighted by Crippen LogP contribution is 2.45. The lowest BCUT2D eigenvalue weighted by Crippen LogP contribution is -1.97. The first-order valence-corrected chi connectivity index (χ1v) is 15.6. The second-order valence-electron chi connectivity index (χ2n) is 11.6. The quantitative estimate of drug-likeness (QED) is 0.174. The van der Waals surface area contributed by atoms with Crippen molar-refractivity contribution in [3.8, 4) is 50.2 Å². The number of nitrogens with zero attached hydrogens (tertiary/aromatic N) is 2. The molecule has 0 atom stereocenters. The highest BCUT2D eigenvalue weighted by molar-refractivity contribution is 6.21. The predicted molar refractivity (Wildman–Crippen MR) is 203 cm³/mol. The van der Waals surface area contributed by atoms with Crippen LogP contribution in [0.25, 0.3) is 82.8 Å². The van der Waals surface area contributed by atoms with Gasteiger partial charge in [-0.2, -0.15) is 0 Å². The predicted octanol–water partition coefficient (Wildman–Crippen LogP) is 12.3. The molecule has 0 saturated heterocycles. The maximum Gasteiger partial charge on any atom is 0.111 e. The van der Waals surface area contributed by atoms with Gasteiger partial charge in [-0.25, -0.2) is 4.98 Å². The highest BCUT2D eigenvalue weighted by atomic mass is 15.1. The molecule has 0 bridgehead atoms. The van der Waals surface area contributed by atoms with E-state index in [1.807, 2.05) is 78.9 Å². The van der Waals surface area contributed by atoms with E-state index in [-0.39, 0.29) is 50.6 Å². The van der Waals surface area contributed by atoms with Crippen LogP contribution in [0.15, 0.2) is 176 Å². The summed E-state index contributed by atoms with van der Waals surface area (Å²) in [7, 11) is 0. The van der Waals surface area contributed by atoms with E-state index in [1.165, 1.54) is 4.57 Å². The van der Waals surface area contributed by atoms with E-state index in [4.69, 9.17) is 9.60 Å². The van der Waals surface area contributed by atoms with Gasteiger partial charge in [0.2, 0.25) is 0 Å². The molecule has 0 aliphatic rings. The molecule has 0 radical (unpaired) electrons. The van der Waals surface area contributed by atoms with Crippen LogP contribution in [0, 0.1) is 6.85 Å². The topological polar surface area (TPSA) is 17.8 Å². The Morgan fingerprint density at radius 1 is 0.479 bits per heavy atom. The molecule has 0 aliphatic heterocycles. The maximum absolute atomic E-state index is 9.49. The van der Waals surface area contributed by atoms with Gasteiger partial charge in [0.25, 0.3) is 0 Å². The van der Waals surface area contributed by atoms with Crippen molar-refractivity contribution in [2.45, 2.75) is 6.85 Å². The highest BCUT2D eigenvalue weighted by Gasteiger charge is 2.19. The Kier molecular flexibility index (Phi) is 4.51. The zero-order chi connectivity index (χ0) is 41.5. The number of rotatable bonds is 5. The fourth-order valence-electron chi connectivity index (χ4n) is 6.66. The van der Waals surface area contributed by atoms with Gasteiger partial charge in [0.05, 0.1) is 22.0 Å². The first-order chi connectivity index (χ1) is 28.3. The molecule has 226 valence electrons. The molecule has 9 aromatic rings. The van der Waals surface area contributed by atoms with Crippen LogP contribution in [0.2, 0.25) is 0 Å². The van der Waals surface area contributed by atoms with Crippen molar-refractivity contribution < 1.29 is 15.1 Å². The molecule has 0 spiro atoms. The lowest BCUT2D eigenvalue weighted by atomic mass is 9.84. The van der Waals surface area contributed by atoms with Gasteiger partial charge < -0.3 is 0 Å². The minimum atomic E-state index is -2.61. The molecule has 0 aliphatic carbocycles. The molecule has 8 aromatic carbocycles. The second kappa shape index (κ2) is 11.5. The summed E-state index contributed by atoms with van der Waals surface area (Å²) < 4.78 is 100. The number of benzene rings is 8. The minimum Gasteiger partial charge on any atom is -0.297 e. The molecule has 2 nitrogen and oxygen atoms in total. The van der Waals surface area contributed by atoms with Crippen LogP contribution in [-0.2, 0) is 0 Å². The average molecular weight is 624 g/mol. The lowest BCUT2D eigenvalue weighted by Gasteiger charge is -2.19. The lowest BCUT2D eigenvalue weighted by molar-refractivity contribution is 1.00. The van der Waals surface area contributed by atoms with E-state index in [1.54, 1.807) is 48.5 Å². The van der Waals surface area contributed by atoms with Crippen molar-refractivity contribution in [3.63, 3.8) is 0 Å². The molecule has 0 fully saturated rings. The second-order valence-corrected chi connectivity index (χ2v) is 11.6. The number of para-hydroxylation sites is 2. The third-order valence-electron chi connectivity index (χ3n) is 8.76. The van der Waals surface area contributed by atoms with Crippen molar-refractivity contribution in [3.05, 3.63) is 182 Å². The van der Waals surface area contributed by atoms with E-state index in [2.05, 4.69) is 4.98 Å². The summed E-state index contributed by atoms with van der Waals surface area (Å²) in [5.41, 5.74) is 5.92. The van der Waals surface area contributed by atoms with E-state index in [0.29, 0.717) is 27.8 Å². The molecule has 1 aromatic heterocycles. The van der Waals surface area contributed by atoms with Gasteiger partial charge in [-0.3, -0.25) is 4.57 Å². The number of hydrogen-bond donors (Lipinski definition) is 0. The summed E-state index contributed by atoms with van der Waals surface area (Å²) in [6.45, 7) is -2.61. The van der Waals surface area contributed by atoms with Crippen LogP contribution in [0.5, 0.6) is 0 Å². The monoisotopic (exact) mass is 623 g/mol. The molecule has 48 heavy (non-hydrogen) atoms. The molecule has 0 N–H and O–H groups in total. The zero-order valence-corrected chi connectivity index (χ0v) is 25.5. The Bertz CT molecular complexity index is 3040. The first kappa shape index (κ1) is 18.8. The number of aryl methyl sites for hydroxylation is 1. The van der Waals surface area contributed by atoms with Gasteiger partial charge >= 0.3 is 0 Å². The smallest absolute Gasteiger partial charge is 0.111 e. The normalized spacial score (nSPS) is 15.0. The Morgan fingerprint density at radius 3 is 1.56 bits per heavy atom. The number of hydrogen-bond acceptors (Lipinski definition) is 1. The van der Waals surface area contributed by atoms with Crippen LogP contribution in [0.4, 0.5) is 0 Å². The molecular weight excluding hydrogens is 581 g/mol. The van der Waals surface area contributed by atoms with Crippen LogP contribution in [-0.4, -0.2) is 9.55 Å². The summed E-state index contributed by atoms with van der Waals surface area (Å²) in [5, 5.41) is 0.265. The van der Waals surface area contributed by atoms with E-state index in [9.17, 15) is 5.48 Å². The summed E-state index contributed by atoms with van der Waals surface area (Å²) in [4.78, 5) is 4.46. The van der Waals surface area contributed by atoms with Crippen molar-refractivity contribution in [1.29, 1.82) is 0 Å². The van der Waals surface area contributed by atoms with Gasteiger partial charge in [-0.05, 0) is 115 Å². The standard InChI is InChI=1S/C46H32N2/c1-31-47-43-25-12-13-26-44(43)48(31)38-20-14-19-34(30-38)45-39-21-8-10-23-41(39)46(42-24-11-9-22-40(42)45)37-28-35(32-15-4-2-5-16-32)27-36(29-37)33-17-6-3-7-18-33/h2-30H,1H3/i1D3,8D,9D,10D,11D,21D,22D,23D,24D. The molecule has 2 heteroatoms. The minimum absolute atomic E-state index is 0.0542. The van der Waals surface area contributed by atoms with Crippen molar-refractivity contribution in [2.24, 2.45) is 0 Å². The van der Waals surface area contributed by atoms with Gasteiger partial charge in [-0.15, -0.1) is 0 Å². The molecular formula is C46H32N2. The Morgan fingerprint density at radius 2 is 0.979 bits per heavy atom. The first-order valence-electron chi connectivity index (χ1n) is 21.1. The number of aromatic nitrogens is 2. The molecule has 1 heterocycles. The Balaban J connectivity index is 1.48. The van der Waals surface area contributed by atoms with Gasteiger partial charge in [0.1, 0.15) is 5.82 Å². The maximum atomic E-state index is 9.49. The third-order valence-corrected chi connectivity index (χ3v) is 8.76. The van der Waals surface area contributed by atoms with E-state index >= 15 is 0 Å². The Labute approximate surface area is 295 Å². The number of imidazole rings is 1. The average Bonchev–Trinajstić information content (AvgIpc) is 3.66. The van der Waals surface area contributed by atoms with Crippen molar-refractivity contribution >= 4 is 32.6 Å². The largest absolute Gasteiger partial charge is 0.297 e. The zero-order valence-electron chi connectivity index (χ0n) is 36.5. The third kappa shape index (κ3) is 4.70. The summed E-state index contributed by atoms with van der Waals surface area (Å²) >= 11 is 0. The molecule has 0 amide bonds. The van der Waals surface area contributed by atoms with E-state index < -0.39 is 43.1 Å². The van der Waals surface area contributed by atoms with Crippen LogP contribution >= 0.6 is 0 Å². The molecule has 0 unspecified atom stereocenters. The van der Waals surface area contributed by atoms with Crippen LogP contribution < -0.4 is 0 Å². The Hall–Kier alpha value is -6.25. The van der Waals surface area contributed by atoms with Crippen molar-refractivity contribution in [1.82, 2.24) is 9.55 Å². The summed E-state index contributed by atoms with van der Waals surface area (Å²) in [6.07, 6.45) is 0. The fraction of sp³-hybridized carbons (Fsp3) is 0.0217. The summed E-state index contributed by atoms with van der Waals surface area (Å²) in [6, 6.07) is 35.3. The van der Waals surface area contributed by atoms with Gasteiger partial charge in [0, 0.05) is 9.80 Å².